The minimum atomic E-state index is -1.91. The Kier molecular flexibility index (Phi) is 7.34. The van der Waals surface area contributed by atoms with Crippen LogP contribution in [-0.2, 0) is 0 Å². The van der Waals surface area contributed by atoms with Crippen LogP contribution in [0.5, 0.6) is 0 Å². The fourth-order valence-electron chi connectivity index (χ4n) is 3.53. The van der Waals surface area contributed by atoms with Crippen molar-refractivity contribution in [2.45, 2.75) is 0 Å². The van der Waals surface area contributed by atoms with Gasteiger partial charge in [-0.15, -0.1) is 0 Å². The topological polar surface area (TPSA) is 59.6 Å². The van der Waals surface area contributed by atoms with E-state index in [2.05, 4.69) is 121 Å². The number of benzene rings is 4. The van der Waals surface area contributed by atoms with E-state index in [0.717, 1.165) is 0 Å². The summed E-state index contributed by atoms with van der Waals surface area (Å²) in [7, 11) is -1.91. The molecule has 0 aliphatic heterocycles. The smallest absolute Gasteiger partial charge is 0.190 e. The Hall–Kier alpha value is -3.91. The molecule has 0 saturated heterocycles. The van der Waals surface area contributed by atoms with Gasteiger partial charge in [-0.05, 0) is 48.5 Å². The van der Waals surface area contributed by atoms with Gasteiger partial charge in [0.25, 0.3) is 0 Å². The van der Waals surface area contributed by atoms with Gasteiger partial charge in [-0.2, -0.15) is 10.5 Å². The number of hydrogen-bond donors (Lipinski definition) is 1. The van der Waals surface area contributed by atoms with E-state index >= 15 is 0 Å². The molecular formula is C26H21N3P+. The van der Waals surface area contributed by atoms with Crippen molar-refractivity contribution in [2.24, 2.45) is 0 Å². The van der Waals surface area contributed by atoms with Crippen LogP contribution in [0.4, 0.5) is 0 Å². The molecule has 0 aromatic heterocycles. The van der Waals surface area contributed by atoms with Gasteiger partial charge in [0.05, 0.1) is 0 Å². The number of rotatable bonds is 4. The molecule has 0 radical (unpaired) electrons. The first kappa shape index (κ1) is 20.8. The zero-order valence-corrected chi connectivity index (χ0v) is 17.3. The molecule has 30 heavy (non-hydrogen) atoms. The lowest BCUT2D eigenvalue weighted by Gasteiger charge is -2.27. The van der Waals surface area contributed by atoms with Crippen LogP contribution < -0.4 is 26.5 Å². The standard InChI is InChI=1S/C24H20P.C2HN3/c1-5-13-21(14-6-1)25(22-15-7-2-8-16-22,23-17-9-3-10-18-23)24-19-11-4-12-20-24;3-1-5-2-4/h1-20H;5H/q+1;. The highest BCUT2D eigenvalue weighted by molar-refractivity contribution is 8.01. The first-order valence-corrected chi connectivity index (χ1v) is 11.3. The molecule has 4 heteroatoms. The van der Waals surface area contributed by atoms with Crippen molar-refractivity contribution in [1.29, 1.82) is 10.5 Å². The summed E-state index contributed by atoms with van der Waals surface area (Å²) in [6, 6.07) is 43.8. The number of nitriles is 2. The van der Waals surface area contributed by atoms with Crippen LogP contribution >= 0.6 is 7.26 Å². The maximum absolute atomic E-state index is 7.48. The average molecular weight is 406 g/mol. The zero-order chi connectivity index (χ0) is 21.1. The van der Waals surface area contributed by atoms with E-state index in [1.54, 1.807) is 5.32 Å². The van der Waals surface area contributed by atoms with E-state index < -0.39 is 7.26 Å². The number of nitrogens with zero attached hydrogens (tertiary/aromatic N) is 2. The molecule has 0 heterocycles. The van der Waals surface area contributed by atoms with Crippen molar-refractivity contribution < 1.29 is 0 Å². The molecule has 144 valence electrons. The lowest BCUT2D eigenvalue weighted by atomic mass is 10.3. The number of hydrogen-bond acceptors (Lipinski definition) is 3. The van der Waals surface area contributed by atoms with Gasteiger partial charge in [0, 0.05) is 0 Å². The van der Waals surface area contributed by atoms with Gasteiger partial charge < -0.3 is 0 Å². The second-order valence-electron chi connectivity index (χ2n) is 6.36. The van der Waals surface area contributed by atoms with Crippen molar-refractivity contribution in [3.8, 4) is 12.4 Å². The lowest BCUT2D eigenvalue weighted by molar-refractivity contribution is 1.20. The van der Waals surface area contributed by atoms with E-state index in [4.69, 9.17) is 10.5 Å². The van der Waals surface area contributed by atoms with Crippen molar-refractivity contribution in [2.75, 3.05) is 0 Å². The Morgan fingerprint density at radius 3 is 0.833 bits per heavy atom. The summed E-state index contributed by atoms with van der Waals surface area (Å²) >= 11 is 0. The molecule has 0 fully saturated rings. The number of nitrogens with one attached hydrogen (secondary N) is 1. The largest absolute Gasteiger partial charge is 0.229 e. The molecule has 0 saturated carbocycles. The molecule has 0 amide bonds. The van der Waals surface area contributed by atoms with Crippen LogP contribution in [-0.4, -0.2) is 0 Å². The first-order valence-electron chi connectivity index (χ1n) is 9.48. The maximum atomic E-state index is 7.48. The van der Waals surface area contributed by atoms with E-state index in [9.17, 15) is 0 Å². The molecule has 4 rings (SSSR count). The average Bonchev–Trinajstić information content (AvgIpc) is 2.83. The van der Waals surface area contributed by atoms with Crippen molar-refractivity contribution in [3.63, 3.8) is 0 Å². The van der Waals surface area contributed by atoms with Crippen LogP contribution in [0.25, 0.3) is 0 Å². The molecule has 0 unspecified atom stereocenters. The van der Waals surface area contributed by atoms with Gasteiger partial charge in [0.2, 0.25) is 0 Å². The third kappa shape index (κ3) is 4.39. The summed E-state index contributed by atoms with van der Waals surface area (Å²) in [5, 5.41) is 22.2. The van der Waals surface area contributed by atoms with E-state index in [1.807, 2.05) is 0 Å². The fourth-order valence-corrected chi connectivity index (χ4v) is 7.79. The molecule has 0 spiro atoms. The van der Waals surface area contributed by atoms with Crippen LogP contribution in [0.3, 0.4) is 0 Å². The summed E-state index contributed by atoms with van der Waals surface area (Å²) in [4.78, 5) is 0. The van der Waals surface area contributed by atoms with E-state index in [0.29, 0.717) is 0 Å². The Morgan fingerprint density at radius 1 is 0.433 bits per heavy atom. The highest BCUT2D eigenvalue weighted by atomic mass is 31.2. The highest BCUT2D eigenvalue weighted by Crippen LogP contribution is 2.53. The third-order valence-electron chi connectivity index (χ3n) is 4.69. The van der Waals surface area contributed by atoms with E-state index in [1.165, 1.54) is 33.6 Å². The Bertz CT molecular complexity index is 942. The van der Waals surface area contributed by atoms with Gasteiger partial charge in [-0.3, -0.25) is 0 Å². The van der Waals surface area contributed by atoms with Crippen molar-refractivity contribution in [1.82, 2.24) is 5.32 Å². The Labute approximate surface area is 178 Å². The highest BCUT2D eigenvalue weighted by Gasteiger charge is 2.47. The molecule has 4 aromatic carbocycles. The summed E-state index contributed by atoms with van der Waals surface area (Å²) < 4.78 is 0. The summed E-state index contributed by atoms with van der Waals surface area (Å²) in [5.74, 6) is 0. The SMILES string of the molecule is N#CNC#N.c1ccc([P+](c2ccccc2)(c2ccccc2)c2ccccc2)cc1. The molecular weight excluding hydrogens is 385 g/mol. The quantitative estimate of drug-likeness (QED) is 0.318. The van der Waals surface area contributed by atoms with Crippen LogP contribution in [0, 0.1) is 22.9 Å². The van der Waals surface area contributed by atoms with Gasteiger partial charge in [0.15, 0.2) is 12.4 Å². The van der Waals surface area contributed by atoms with Crippen molar-refractivity contribution >= 4 is 28.5 Å². The molecule has 0 aliphatic carbocycles. The molecule has 1 N–H and O–H groups in total. The predicted octanol–water partition coefficient (Wildman–Crippen LogP) is 3.84. The molecule has 0 aliphatic rings. The molecule has 4 aromatic rings. The van der Waals surface area contributed by atoms with Crippen LogP contribution in [0.15, 0.2) is 121 Å². The monoisotopic (exact) mass is 406 g/mol. The first-order chi connectivity index (χ1) is 14.8. The van der Waals surface area contributed by atoms with Gasteiger partial charge in [-0.25, -0.2) is 5.32 Å². The lowest BCUT2D eigenvalue weighted by Crippen LogP contribution is -2.38. The van der Waals surface area contributed by atoms with Crippen molar-refractivity contribution in [3.05, 3.63) is 121 Å². The second kappa shape index (κ2) is 10.6. The zero-order valence-electron chi connectivity index (χ0n) is 16.4. The van der Waals surface area contributed by atoms with Crippen LogP contribution in [0.2, 0.25) is 0 Å². The van der Waals surface area contributed by atoms with Gasteiger partial charge in [0.1, 0.15) is 28.5 Å². The normalized spacial score (nSPS) is 9.93. The Morgan fingerprint density at radius 2 is 0.667 bits per heavy atom. The maximum Gasteiger partial charge on any atom is 0.190 e. The minimum absolute atomic E-state index is 1.39. The molecule has 0 atom stereocenters. The summed E-state index contributed by atoms with van der Waals surface area (Å²) in [5.41, 5.74) is 0. The Balaban J connectivity index is 0.000000461. The van der Waals surface area contributed by atoms with Crippen LogP contribution in [0.1, 0.15) is 0 Å². The van der Waals surface area contributed by atoms with E-state index in [-0.39, 0.29) is 0 Å². The third-order valence-corrected chi connectivity index (χ3v) is 8.98. The minimum Gasteiger partial charge on any atom is -0.229 e. The fraction of sp³-hybridized carbons (Fsp3) is 0. The molecule has 3 nitrogen and oxygen atoms in total. The summed E-state index contributed by atoms with van der Waals surface area (Å²) in [6.07, 6.45) is 2.81. The second-order valence-corrected chi connectivity index (χ2v) is 9.77. The van der Waals surface area contributed by atoms with Gasteiger partial charge >= 0.3 is 0 Å². The molecule has 0 bridgehead atoms. The predicted molar refractivity (Wildman–Crippen MR) is 126 cm³/mol. The van der Waals surface area contributed by atoms with Gasteiger partial charge in [-0.1, -0.05) is 72.8 Å². The summed E-state index contributed by atoms with van der Waals surface area (Å²) in [6.45, 7) is 0.